The van der Waals surface area contributed by atoms with E-state index in [2.05, 4.69) is 49.7 Å². The third kappa shape index (κ3) is 3.56. The summed E-state index contributed by atoms with van der Waals surface area (Å²) in [5.74, 6) is 0. The van der Waals surface area contributed by atoms with Gasteiger partial charge in [0.15, 0.2) is 0 Å². The summed E-state index contributed by atoms with van der Waals surface area (Å²) < 4.78 is 2.17. The monoisotopic (exact) mass is 237 g/mol. The number of nitrogens with one attached hydrogen (secondary N) is 1. The first kappa shape index (κ1) is 14.2. The molecular weight excluding hydrogens is 210 g/mol. The van der Waals surface area contributed by atoms with Crippen LogP contribution in [0.5, 0.6) is 0 Å². The Bertz CT molecular complexity index is 341. The van der Waals surface area contributed by atoms with Gasteiger partial charge in [0.25, 0.3) is 0 Å². The standard InChI is InChI=1S/C14H27N3/c1-6-8-9-10-17-13(5)14(12(4)16-17)11(3)15-7-2/h11,15H,6-10H2,1-5H3. The van der Waals surface area contributed by atoms with E-state index in [1.165, 1.54) is 36.2 Å². The fourth-order valence-electron chi connectivity index (χ4n) is 2.47. The SMILES string of the molecule is CCCCCn1nc(C)c(C(C)NCC)c1C. The highest BCUT2D eigenvalue weighted by molar-refractivity contribution is 5.27. The molecule has 1 aromatic rings. The van der Waals surface area contributed by atoms with Crippen LogP contribution in [0.3, 0.4) is 0 Å². The summed E-state index contributed by atoms with van der Waals surface area (Å²) in [5, 5.41) is 8.13. The quantitative estimate of drug-likeness (QED) is 0.737. The Kier molecular flexibility index (Phi) is 5.69. The molecule has 1 unspecified atom stereocenters. The van der Waals surface area contributed by atoms with Crippen LogP contribution >= 0.6 is 0 Å². The first-order valence-electron chi connectivity index (χ1n) is 6.89. The Hall–Kier alpha value is -0.830. The van der Waals surface area contributed by atoms with Gasteiger partial charge < -0.3 is 5.32 Å². The first-order chi connectivity index (χ1) is 8.11. The van der Waals surface area contributed by atoms with Gasteiger partial charge in [-0.1, -0.05) is 26.7 Å². The van der Waals surface area contributed by atoms with Crippen LogP contribution in [0.4, 0.5) is 0 Å². The number of aryl methyl sites for hydroxylation is 2. The van der Waals surface area contributed by atoms with Crippen LogP contribution in [0.25, 0.3) is 0 Å². The molecule has 0 amide bonds. The topological polar surface area (TPSA) is 29.9 Å². The van der Waals surface area contributed by atoms with E-state index >= 15 is 0 Å². The lowest BCUT2D eigenvalue weighted by Crippen LogP contribution is -2.19. The molecule has 0 saturated carbocycles. The average Bonchev–Trinajstić information content (AvgIpc) is 2.55. The molecule has 0 fully saturated rings. The zero-order chi connectivity index (χ0) is 12.8. The van der Waals surface area contributed by atoms with Gasteiger partial charge in [0.2, 0.25) is 0 Å². The fourth-order valence-corrected chi connectivity index (χ4v) is 2.47. The molecule has 0 aliphatic rings. The molecule has 1 heterocycles. The van der Waals surface area contributed by atoms with Crippen molar-refractivity contribution in [1.29, 1.82) is 0 Å². The van der Waals surface area contributed by atoms with E-state index < -0.39 is 0 Å². The highest BCUT2D eigenvalue weighted by atomic mass is 15.3. The first-order valence-corrected chi connectivity index (χ1v) is 6.89. The van der Waals surface area contributed by atoms with Crippen molar-refractivity contribution in [2.75, 3.05) is 6.54 Å². The molecule has 0 aliphatic carbocycles. The zero-order valence-electron chi connectivity index (χ0n) is 12.0. The predicted octanol–water partition coefficient (Wildman–Crippen LogP) is 3.36. The lowest BCUT2D eigenvalue weighted by molar-refractivity contribution is 0.536. The van der Waals surface area contributed by atoms with Crippen molar-refractivity contribution in [2.24, 2.45) is 0 Å². The van der Waals surface area contributed by atoms with Crippen molar-refractivity contribution in [1.82, 2.24) is 15.1 Å². The van der Waals surface area contributed by atoms with Crippen LogP contribution in [0.2, 0.25) is 0 Å². The number of hydrogen-bond acceptors (Lipinski definition) is 2. The van der Waals surface area contributed by atoms with Crippen LogP contribution in [0, 0.1) is 13.8 Å². The van der Waals surface area contributed by atoms with Crippen molar-refractivity contribution >= 4 is 0 Å². The number of aromatic nitrogens is 2. The van der Waals surface area contributed by atoms with Crippen molar-refractivity contribution in [3.63, 3.8) is 0 Å². The molecule has 3 heteroatoms. The molecule has 3 nitrogen and oxygen atoms in total. The molecule has 1 N–H and O–H groups in total. The maximum atomic E-state index is 4.66. The summed E-state index contributed by atoms with van der Waals surface area (Å²) in [4.78, 5) is 0. The van der Waals surface area contributed by atoms with Crippen LogP contribution in [-0.2, 0) is 6.54 Å². The van der Waals surface area contributed by atoms with Gasteiger partial charge in [0, 0.05) is 23.8 Å². The third-order valence-electron chi connectivity index (χ3n) is 3.35. The van der Waals surface area contributed by atoms with E-state index in [1.807, 2.05) is 0 Å². The van der Waals surface area contributed by atoms with Gasteiger partial charge in [-0.3, -0.25) is 4.68 Å². The summed E-state index contributed by atoms with van der Waals surface area (Å²) in [6, 6.07) is 0.403. The molecule has 0 radical (unpaired) electrons. The van der Waals surface area contributed by atoms with Crippen molar-refractivity contribution in [2.45, 2.75) is 66.5 Å². The Morgan fingerprint density at radius 2 is 1.94 bits per heavy atom. The molecule has 0 saturated heterocycles. The zero-order valence-corrected chi connectivity index (χ0v) is 12.0. The maximum absolute atomic E-state index is 4.66. The lowest BCUT2D eigenvalue weighted by atomic mass is 10.1. The van der Waals surface area contributed by atoms with Gasteiger partial charge in [-0.25, -0.2) is 0 Å². The van der Waals surface area contributed by atoms with Gasteiger partial charge in [0.1, 0.15) is 0 Å². The second-order valence-corrected chi connectivity index (χ2v) is 4.79. The van der Waals surface area contributed by atoms with Crippen LogP contribution in [0.15, 0.2) is 0 Å². The molecule has 1 atom stereocenters. The molecule has 98 valence electrons. The van der Waals surface area contributed by atoms with E-state index in [9.17, 15) is 0 Å². The van der Waals surface area contributed by atoms with E-state index in [1.54, 1.807) is 0 Å². The maximum Gasteiger partial charge on any atom is 0.0644 e. The van der Waals surface area contributed by atoms with E-state index in [-0.39, 0.29) is 0 Å². The summed E-state index contributed by atoms with van der Waals surface area (Å²) in [5.41, 5.74) is 3.88. The third-order valence-corrected chi connectivity index (χ3v) is 3.35. The summed E-state index contributed by atoms with van der Waals surface area (Å²) >= 11 is 0. The lowest BCUT2D eigenvalue weighted by Gasteiger charge is -2.13. The summed E-state index contributed by atoms with van der Waals surface area (Å²) in [6.07, 6.45) is 3.78. The minimum absolute atomic E-state index is 0.403. The Morgan fingerprint density at radius 1 is 1.24 bits per heavy atom. The average molecular weight is 237 g/mol. The molecule has 1 rings (SSSR count). The molecule has 0 aromatic carbocycles. The van der Waals surface area contributed by atoms with Crippen LogP contribution in [0.1, 0.15) is 63.0 Å². The van der Waals surface area contributed by atoms with Gasteiger partial charge in [0.05, 0.1) is 5.69 Å². The largest absolute Gasteiger partial charge is 0.310 e. The second kappa shape index (κ2) is 6.80. The van der Waals surface area contributed by atoms with Crippen molar-refractivity contribution < 1.29 is 0 Å². The van der Waals surface area contributed by atoms with Crippen LogP contribution < -0.4 is 5.32 Å². The smallest absolute Gasteiger partial charge is 0.0644 e. The molecular formula is C14H27N3. The molecule has 1 aromatic heterocycles. The van der Waals surface area contributed by atoms with Gasteiger partial charge in [-0.05, 0) is 33.7 Å². The Labute approximate surface area is 106 Å². The van der Waals surface area contributed by atoms with Crippen molar-refractivity contribution in [3.8, 4) is 0 Å². The van der Waals surface area contributed by atoms with Crippen molar-refractivity contribution in [3.05, 3.63) is 17.0 Å². The minimum atomic E-state index is 0.403. The summed E-state index contributed by atoms with van der Waals surface area (Å²) in [7, 11) is 0. The molecule has 0 bridgehead atoms. The second-order valence-electron chi connectivity index (χ2n) is 4.79. The number of unbranched alkanes of at least 4 members (excludes halogenated alkanes) is 2. The highest BCUT2D eigenvalue weighted by Crippen LogP contribution is 2.21. The number of nitrogens with zero attached hydrogens (tertiary/aromatic N) is 2. The van der Waals surface area contributed by atoms with E-state index in [4.69, 9.17) is 0 Å². The highest BCUT2D eigenvalue weighted by Gasteiger charge is 2.16. The van der Waals surface area contributed by atoms with Gasteiger partial charge in [-0.15, -0.1) is 0 Å². The predicted molar refractivity (Wildman–Crippen MR) is 73.3 cm³/mol. The van der Waals surface area contributed by atoms with Gasteiger partial charge in [-0.2, -0.15) is 5.10 Å². The Morgan fingerprint density at radius 3 is 2.53 bits per heavy atom. The van der Waals surface area contributed by atoms with Crippen LogP contribution in [-0.4, -0.2) is 16.3 Å². The van der Waals surface area contributed by atoms with E-state index in [0.717, 1.165) is 13.1 Å². The Balaban J connectivity index is 2.78. The molecule has 17 heavy (non-hydrogen) atoms. The normalized spacial score (nSPS) is 13.0. The number of rotatable bonds is 7. The summed E-state index contributed by atoms with van der Waals surface area (Å²) in [6.45, 7) is 13.0. The molecule has 0 aliphatic heterocycles. The van der Waals surface area contributed by atoms with Gasteiger partial charge >= 0.3 is 0 Å². The van der Waals surface area contributed by atoms with E-state index in [0.29, 0.717) is 6.04 Å². The molecule has 0 spiro atoms. The number of hydrogen-bond donors (Lipinski definition) is 1. The fraction of sp³-hybridized carbons (Fsp3) is 0.786. The minimum Gasteiger partial charge on any atom is -0.310 e.